The number of rotatable bonds is 5. The number of amides is 1. The smallest absolute Gasteiger partial charge is 0.225 e. The molecule has 1 amide bonds. The van der Waals surface area contributed by atoms with Crippen LogP contribution in [0.15, 0.2) is 0 Å². The van der Waals surface area contributed by atoms with Crippen LogP contribution in [-0.2, 0) is 9.53 Å². The number of morpholine rings is 1. The van der Waals surface area contributed by atoms with Gasteiger partial charge in [0.15, 0.2) is 0 Å². The van der Waals surface area contributed by atoms with E-state index in [1.807, 2.05) is 11.9 Å². The summed E-state index contributed by atoms with van der Waals surface area (Å²) in [5, 5.41) is 3.41. The zero-order chi connectivity index (χ0) is 18.7. The van der Waals surface area contributed by atoms with E-state index in [0.717, 1.165) is 51.4 Å². The number of ether oxygens (including phenoxy) is 1. The topological polar surface area (TPSA) is 41.6 Å². The SMILES string of the molecule is CN(CCC(C)(C)[C@@H]1CNCCO1)C(=O)[C@H]1CC[C@@H](C(C)(C)C)CC1. The van der Waals surface area contributed by atoms with Gasteiger partial charge in [-0.05, 0) is 48.9 Å². The average Bonchev–Trinajstić information content (AvgIpc) is 2.59. The zero-order valence-corrected chi connectivity index (χ0v) is 17.4. The Hall–Kier alpha value is -0.610. The van der Waals surface area contributed by atoms with Gasteiger partial charge in [-0.25, -0.2) is 0 Å². The van der Waals surface area contributed by atoms with E-state index in [-0.39, 0.29) is 17.4 Å². The van der Waals surface area contributed by atoms with Crippen LogP contribution in [0.25, 0.3) is 0 Å². The summed E-state index contributed by atoms with van der Waals surface area (Å²) in [6.45, 7) is 15.0. The maximum Gasteiger partial charge on any atom is 0.225 e. The van der Waals surface area contributed by atoms with Crippen molar-refractivity contribution in [3.05, 3.63) is 0 Å². The molecule has 2 aliphatic rings. The second kappa shape index (κ2) is 8.39. The van der Waals surface area contributed by atoms with Gasteiger partial charge in [0.2, 0.25) is 5.91 Å². The Kier molecular flexibility index (Phi) is 6.94. The zero-order valence-electron chi connectivity index (χ0n) is 17.4. The highest BCUT2D eigenvalue weighted by Crippen LogP contribution is 2.40. The quantitative estimate of drug-likeness (QED) is 0.820. The predicted octanol–water partition coefficient (Wildman–Crippen LogP) is 3.70. The van der Waals surface area contributed by atoms with E-state index in [4.69, 9.17) is 4.74 Å². The van der Waals surface area contributed by atoms with Crippen molar-refractivity contribution >= 4 is 5.91 Å². The second-order valence-corrected chi connectivity index (χ2v) is 9.98. The third kappa shape index (κ3) is 5.68. The van der Waals surface area contributed by atoms with E-state index in [1.165, 1.54) is 12.8 Å². The maximum atomic E-state index is 12.8. The van der Waals surface area contributed by atoms with Gasteiger partial charge in [0.25, 0.3) is 0 Å². The Morgan fingerprint density at radius 2 is 1.76 bits per heavy atom. The van der Waals surface area contributed by atoms with Gasteiger partial charge in [-0.3, -0.25) is 4.79 Å². The summed E-state index contributed by atoms with van der Waals surface area (Å²) in [5.41, 5.74) is 0.462. The molecule has 1 saturated carbocycles. The first kappa shape index (κ1) is 20.7. The van der Waals surface area contributed by atoms with Crippen LogP contribution in [0.2, 0.25) is 0 Å². The third-order valence-corrected chi connectivity index (χ3v) is 6.57. The second-order valence-electron chi connectivity index (χ2n) is 9.98. The molecule has 146 valence electrons. The van der Waals surface area contributed by atoms with Crippen LogP contribution in [0.3, 0.4) is 0 Å². The molecular formula is C21H40N2O2. The molecule has 4 heteroatoms. The molecule has 25 heavy (non-hydrogen) atoms. The molecule has 2 rings (SSSR count). The molecule has 1 N–H and O–H groups in total. The summed E-state index contributed by atoms with van der Waals surface area (Å²) >= 11 is 0. The molecule has 1 atom stereocenters. The monoisotopic (exact) mass is 352 g/mol. The molecule has 0 spiro atoms. The number of hydrogen-bond acceptors (Lipinski definition) is 3. The van der Waals surface area contributed by atoms with Crippen LogP contribution in [-0.4, -0.2) is 50.2 Å². The van der Waals surface area contributed by atoms with Crippen molar-refractivity contribution in [2.45, 2.75) is 72.8 Å². The summed E-state index contributed by atoms with van der Waals surface area (Å²) in [4.78, 5) is 14.8. The number of nitrogens with zero attached hydrogens (tertiary/aromatic N) is 1. The first-order valence-corrected chi connectivity index (χ1v) is 10.2. The third-order valence-electron chi connectivity index (χ3n) is 6.57. The van der Waals surface area contributed by atoms with Crippen LogP contribution in [0.5, 0.6) is 0 Å². The Morgan fingerprint density at radius 3 is 2.28 bits per heavy atom. The minimum Gasteiger partial charge on any atom is -0.375 e. The fourth-order valence-corrected chi connectivity index (χ4v) is 4.31. The first-order chi connectivity index (χ1) is 11.6. The maximum absolute atomic E-state index is 12.8. The summed E-state index contributed by atoms with van der Waals surface area (Å²) < 4.78 is 5.93. The van der Waals surface area contributed by atoms with Gasteiger partial charge in [0, 0.05) is 32.6 Å². The highest BCUT2D eigenvalue weighted by molar-refractivity contribution is 5.78. The Balaban J connectivity index is 1.78. The lowest BCUT2D eigenvalue weighted by Crippen LogP contribution is -2.48. The molecule has 1 aliphatic heterocycles. The molecule has 0 aromatic heterocycles. The molecule has 0 unspecified atom stereocenters. The van der Waals surface area contributed by atoms with Crippen molar-refractivity contribution in [3.63, 3.8) is 0 Å². The highest BCUT2D eigenvalue weighted by atomic mass is 16.5. The highest BCUT2D eigenvalue weighted by Gasteiger charge is 2.35. The summed E-state index contributed by atoms with van der Waals surface area (Å²) in [5.74, 6) is 1.35. The van der Waals surface area contributed by atoms with E-state index < -0.39 is 0 Å². The molecule has 0 aromatic carbocycles. The minimum absolute atomic E-state index is 0.0891. The van der Waals surface area contributed by atoms with E-state index in [1.54, 1.807) is 0 Å². The predicted molar refractivity (Wildman–Crippen MR) is 104 cm³/mol. The molecule has 1 saturated heterocycles. The van der Waals surface area contributed by atoms with Crippen molar-refractivity contribution in [2.24, 2.45) is 22.7 Å². The molecular weight excluding hydrogens is 312 g/mol. The Morgan fingerprint density at radius 1 is 1.12 bits per heavy atom. The van der Waals surface area contributed by atoms with E-state index in [2.05, 4.69) is 39.9 Å². The molecule has 2 fully saturated rings. The van der Waals surface area contributed by atoms with Crippen LogP contribution < -0.4 is 5.32 Å². The van der Waals surface area contributed by atoms with Crippen molar-refractivity contribution in [2.75, 3.05) is 33.3 Å². The van der Waals surface area contributed by atoms with Gasteiger partial charge in [-0.15, -0.1) is 0 Å². The molecule has 0 aromatic rings. The summed E-state index contributed by atoms with van der Waals surface area (Å²) in [6, 6.07) is 0. The standard InChI is InChI=1S/C21H40N2O2/c1-20(2,3)17-9-7-16(8-10-17)19(24)23(6)13-11-21(4,5)18-15-22-12-14-25-18/h16-18,22H,7-15H2,1-6H3/t16-,17+,18-/m0/s1. The van der Waals surface area contributed by atoms with Crippen molar-refractivity contribution in [1.29, 1.82) is 0 Å². The Bertz CT molecular complexity index is 428. The lowest BCUT2D eigenvalue weighted by molar-refractivity contribution is -0.136. The van der Waals surface area contributed by atoms with E-state index in [9.17, 15) is 4.79 Å². The molecule has 0 radical (unpaired) electrons. The largest absolute Gasteiger partial charge is 0.375 e. The number of carbonyl (C=O) groups excluding carboxylic acids is 1. The number of nitrogens with one attached hydrogen (secondary N) is 1. The fraction of sp³-hybridized carbons (Fsp3) is 0.952. The fourth-order valence-electron chi connectivity index (χ4n) is 4.31. The lowest BCUT2D eigenvalue weighted by atomic mass is 9.69. The Labute approximate surface area is 155 Å². The molecule has 4 nitrogen and oxygen atoms in total. The van der Waals surface area contributed by atoms with Crippen LogP contribution in [0.1, 0.15) is 66.7 Å². The summed E-state index contributed by atoms with van der Waals surface area (Å²) in [7, 11) is 1.98. The average molecular weight is 353 g/mol. The van der Waals surface area contributed by atoms with Crippen LogP contribution in [0.4, 0.5) is 0 Å². The lowest BCUT2D eigenvalue weighted by Gasteiger charge is -2.39. The van der Waals surface area contributed by atoms with E-state index in [0.29, 0.717) is 11.3 Å². The molecule has 0 bridgehead atoms. The van der Waals surface area contributed by atoms with Crippen molar-refractivity contribution < 1.29 is 9.53 Å². The number of hydrogen-bond donors (Lipinski definition) is 1. The number of carbonyl (C=O) groups is 1. The molecule has 1 aliphatic carbocycles. The van der Waals surface area contributed by atoms with Gasteiger partial charge in [0.1, 0.15) is 0 Å². The summed E-state index contributed by atoms with van der Waals surface area (Å²) in [6.07, 6.45) is 5.74. The van der Waals surface area contributed by atoms with Gasteiger partial charge in [0.05, 0.1) is 12.7 Å². The first-order valence-electron chi connectivity index (χ1n) is 10.2. The van der Waals surface area contributed by atoms with Gasteiger partial charge in [-0.1, -0.05) is 34.6 Å². The normalized spacial score (nSPS) is 28.6. The van der Waals surface area contributed by atoms with Crippen LogP contribution >= 0.6 is 0 Å². The minimum atomic E-state index is 0.0891. The van der Waals surface area contributed by atoms with Crippen molar-refractivity contribution in [3.8, 4) is 0 Å². The van der Waals surface area contributed by atoms with Crippen LogP contribution in [0, 0.1) is 22.7 Å². The van der Waals surface area contributed by atoms with E-state index >= 15 is 0 Å². The van der Waals surface area contributed by atoms with Gasteiger partial charge in [-0.2, -0.15) is 0 Å². The van der Waals surface area contributed by atoms with Gasteiger partial charge < -0.3 is 15.0 Å². The van der Waals surface area contributed by atoms with Crippen molar-refractivity contribution in [1.82, 2.24) is 10.2 Å². The van der Waals surface area contributed by atoms with Gasteiger partial charge >= 0.3 is 0 Å². The molecule has 1 heterocycles.